The van der Waals surface area contributed by atoms with Crippen LogP contribution in [-0.4, -0.2) is 18.0 Å². The number of benzene rings is 2. The maximum atomic E-state index is 13.3. The molecule has 134 valence electrons. The van der Waals surface area contributed by atoms with E-state index in [9.17, 15) is 23.3 Å². The number of alkyl halides is 3. The Kier molecular flexibility index (Phi) is 6.08. The number of hydrogen-bond donors (Lipinski definition) is 0. The van der Waals surface area contributed by atoms with E-state index in [-0.39, 0.29) is 40.1 Å². The minimum atomic E-state index is -3.16. The van der Waals surface area contributed by atoms with Crippen LogP contribution in [0.3, 0.4) is 0 Å². The average Bonchev–Trinajstić information content (AvgIpc) is 2.56. The molecule has 0 aliphatic carbocycles. The Bertz CT molecular complexity index is 773. The van der Waals surface area contributed by atoms with Crippen LogP contribution in [0.2, 0.25) is 5.02 Å². The molecule has 0 aromatic heterocycles. The number of rotatable bonds is 7. The first-order chi connectivity index (χ1) is 11.8. The summed E-state index contributed by atoms with van der Waals surface area (Å²) in [4.78, 5) is 10.3. The smallest absolute Gasteiger partial charge is 0.311 e. The van der Waals surface area contributed by atoms with E-state index in [0.29, 0.717) is 0 Å². The molecule has 9 heteroatoms. The standard InChI is InChI=1S/C16H13ClF3NO4/c1-2-24-14-8-10(4-5-12(14)21(22)23)25-13-6-3-9(7-11(13)17)15(18)16(19)20/h3-8,15-16H,2H2,1H3. The van der Waals surface area contributed by atoms with Gasteiger partial charge in [0.15, 0.2) is 6.17 Å². The number of ether oxygens (including phenoxy) is 2. The van der Waals surface area contributed by atoms with E-state index in [0.717, 1.165) is 12.1 Å². The second kappa shape index (κ2) is 8.06. The zero-order chi connectivity index (χ0) is 18.6. The molecule has 0 fully saturated rings. The number of nitro groups is 1. The Morgan fingerprint density at radius 3 is 2.44 bits per heavy atom. The Morgan fingerprint density at radius 2 is 1.88 bits per heavy atom. The van der Waals surface area contributed by atoms with Crippen LogP contribution in [0, 0.1) is 10.1 Å². The van der Waals surface area contributed by atoms with Crippen LogP contribution in [0.15, 0.2) is 36.4 Å². The summed E-state index contributed by atoms with van der Waals surface area (Å²) in [7, 11) is 0. The van der Waals surface area contributed by atoms with E-state index in [1.807, 2.05) is 0 Å². The second-order valence-electron chi connectivity index (χ2n) is 4.85. The highest BCUT2D eigenvalue weighted by atomic mass is 35.5. The first kappa shape index (κ1) is 18.9. The average molecular weight is 376 g/mol. The quantitative estimate of drug-likeness (QED) is 0.459. The van der Waals surface area contributed by atoms with Gasteiger partial charge in [-0.05, 0) is 30.7 Å². The number of nitrogens with zero attached hydrogens (tertiary/aromatic N) is 1. The lowest BCUT2D eigenvalue weighted by atomic mass is 10.1. The van der Waals surface area contributed by atoms with Crippen molar-refractivity contribution in [3.05, 3.63) is 57.1 Å². The molecule has 0 aliphatic rings. The van der Waals surface area contributed by atoms with Crippen molar-refractivity contribution in [2.45, 2.75) is 19.5 Å². The summed E-state index contributed by atoms with van der Waals surface area (Å²) in [6.45, 7) is 1.88. The Hall–Kier alpha value is -2.48. The zero-order valence-corrected chi connectivity index (χ0v) is 13.7. The highest BCUT2D eigenvalue weighted by Crippen LogP contribution is 2.37. The first-order valence-electron chi connectivity index (χ1n) is 7.14. The van der Waals surface area contributed by atoms with Gasteiger partial charge in [-0.15, -0.1) is 0 Å². The Morgan fingerprint density at radius 1 is 1.16 bits per heavy atom. The molecular formula is C16H13ClF3NO4. The molecule has 0 heterocycles. The normalized spacial score (nSPS) is 12.1. The zero-order valence-electron chi connectivity index (χ0n) is 12.9. The van der Waals surface area contributed by atoms with Gasteiger partial charge in [0.05, 0.1) is 16.6 Å². The minimum absolute atomic E-state index is 0.0132. The highest BCUT2D eigenvalue weighted by molar-refractivity contribution is 6.32. The van der Waals surface area contributed by atoms with Crippen molar-refractivity contribution in [1.82, 2.24) is 0 Å². The fourth-order valence-corrected chi connectivity index (χ4v) is 2.25. The fourth-order valence-electron chi connectivity index (χ4n) is 2.02. The molecule has 2 aromatic carbocycles. The van der Waals surface area contributed by atoms with Crippen molar-refractivity contribution in [3.8, 4) is 17.2 Å². The molecule has 0 radical (unpaired) electrons. The van der Waals surface area contributed by atoms with Gasteiger partial charge in [0.1, 0.15) is 11.5 Å². The lowest BCUT2D eigenvalue weighted by Gasteiger charge is -2.12. The predicted octanol–water partition coefficient (Wildman–Crippen LogP) is 5.71. The summed E-state index contributed by atoms with van der Waals surface area (Å²) >= 11 is 5.93. The molecule has 0 amide bonds. The van der Waals surface area contributed by atoms with Crippen molar-refractivity contribution < 1.29 is 27.6 Å². The molecule has 1 atom stereocenters. The third kappa shape index (κ3) is 4.54. The van der Waals surface area contributed by atoms with E-state index in [1.54, 1.807) is 6.92 Å². The molecule has 0 saturated carbocycles. The second-order valence-corrected chi connectivity index (χ2v) is 5.25. The van der Waals surface area contributed by atoms with Crippen LogP contribution in [0.5, 0.6) is 17.2 Å². The van der Waals surface area contributed by atoms with Crippen molar-refractivity contribution in [3.63, 3.8) is 0 Å². The summed E-state index contributed by atoms with van der Waals surface area (Å²) in [6, 6.07) is 7.27. The molecule has 0 saturated heterocycles. The van der Waals surface area contributed by atoms with Crippen LogP contribution in [0.4, 0.5) is 18.9 Å². The summed E-state index contributed by atoms with van der Waals surface area (Å²) in [5.41, 5.74) is -0.501. The van der Waals surface area contributed by atoms with Crippen LogP contribution in [0.25, 0.3) is 0 Å². The van der Waals surface area contributed by atoms with Gasteiger partial charge in [0, 0.05) is 12.1 Å². The van der Waals surface area contributed by atoms with Crippen LogP contribution < -0.4 is 9.47 Å². The van der Waals surface area contributed by atoms with Crippen LogP contribution >= 0.6 is 11.6 Å². The van der Waals surface area contributed by atoms with Gasteiger partial charge in [-0.25, -0.2) is 13.2 Å². The van der Waals surface area contributed by atoms with Gasteiger partial charge in [0.2, 0.25) is 5.75 Å². The lowest BCUT2D eigenvalue weighted by Crippen LogP contribution is -2.03. The predicted molar refractivity (Wildman–Crippen MR) is 85.6 cm³/mol. The third-order valence-corrected chi connectivity index (χ3v) is 3.45. The molecule has 0 aliphatic heterocycles. The van der Waals surface area contributed by atoms with E-state index in [1.165, 1.54) is 24.3 Å². The molecule has 0 spiro atoms. The number of nitro benzene ring substituents is 1. The molecule has 25 heavy (non-hydrogen) atoms. The van der Waals surface area contributed by atoms with Gasteiger partial charge < -0.3 is 9.47 Å². The molecule has 5 nitrogen and oxygen atoms in total. The van der Waals surface area contributed by atoms with Crippen LogP contribution in [-0.2, 0) is 0 Å². The molecular weight excluding hydrogens is 363 g/mol. The Labute approximate surface area is 146 Å². The summed E-state index contributed by atoms with van der Waals surface area (Å²) in [5.74, 6) is 0.289. The van der Waals surface area contributed by atoms with E-state index < -0.39 is 17.5 Å². The van der Waals surface area contributed by atoms with Gasteiger partial charge in [-0.1, -0.05) is 17.7 Å². The lowest BCUT2D eigenvalue weighted by molar-refractivity contribution is -0.385. The topological polar surface area (TPSA) is 61.6 Å². The molecule has 0 N–H and O–H groups in total. The van der Waals surface area contributed by atoms with E-state index in [4.69, 9.17) is 21.1 Å². The summed E-state index contributed by atoms with van der Waals surface area (Å²) in [5, 5.41) is 10.9. The van der Waals surface area contributed by atoms with Gasteiger partial charge >= 0.3 is 5.69 Å². The number of hydrogen-bond acceptors (Lipinski definition) is 4. The maximum Gasteiger partial charge on any atom is 0.311 e. The van der Waals surface area contributed by atoms with Crippen molar-refractivity contribution in [1.29, 1.82) is 0 Å². The monoisotopic (exact) mass is 375 g/mol. The summed E-state index contributed by atoms with van der Waals surface area (Å²) < 4.78 is 48.8. The molecule has 2 rings (SSSR count). The van der Waals surface area contributed by atoms with Crippen LogP contribution in [0.1, 0.15) is 18.7 Å². The van der Waals surface area contributed by atoms with Crippen molar-refractivity contribution in [2.75, 3.05) is 6.61 Å². The van der Waals surface area contributed by atoms with Gasteiger partial charge in [-0.3, -0.25) is 10.1 Å². The Balaban J connectivity index is 2.27. The SMILES string of the molecule is CCOc1cc(Oc2ccc(C(F)C(F)F)cc2Cl)ccc1[N+](=O)[O-]. The number of halogens is 4. The highest BCUT2D eigenvalue weighted by Gasteiger charge is 2.22. The van der Waals surface area contributed by atoms with Gasteiger partial charge in [-0.2, -0.15) is 0 Å². The van der Waals surface area contributed by atoms with Crippen molar-refractivity contribution >= 4 is 17.3 Å². The largest absolute Gasteiger partial charge is 0.487 e. The first-order valence-corrected chi connectivity index (χ1v) is 7.52. The molecule has 0 bridgehead atoms. The van der Waals surface area contributed by atoms with E-state index in [2.05, 4.69) is 0 Å². The molecule has 2 aromatic rings. The molecule has 1 unspecified atom stereocenters. The van der Waals surface area contributed by atoms with E-state index >= 15 is 0 Å². The van der Waals surface area contributed by atoms with Crippen molar-refractivity contribution in [2.24, 2.45) is 0 Å². The maximum absolute atomic E-state index is 13.3. The summed E-state index contributed by atoms with van der Waals surface area (Å²) in [6.07, 6.45) is -5.61. The minimum Gasteiger partial charge on any atom is -0.487 e. The van der Waals surface area contributed by atoms with Gasteiger partial charge in [0.25, 0.3) is 6.43 Å². The fraction of sp³-hybridized carbons (Fsp3) is 0.250. The third-order valence-electron chi connectivity index (χ3n) is 3.15.